The number of hydrogen-bond acceptors (Lipinski definition) is 5. The van der Waals surface area contributed by atoms with E-state index in [0.717, 1.165) is 36.7 Å². The van der Waals surface area contributed by atoms with Gasteiger partial charge in [0.1, 0.15) is 5.82 Å². The van der Waals surface area contributed by atoms with Crippen LogP contribution < -0.4 is 21.1 Å². The molecule has 2 atom stereocenters. The van der Waals surface area contributed by atoms with Crippen LogP contribution in [0.4, 0.5) is 17.5 Å². The Morgan fingerprint density at radius 1 is 1.27 bits per heavy atom. The van der Waals surface area contributed by atoms with Gasteiger partial charge < -0.3 is 15.5 Å². The Hall–Kier alpha value is -2.68. The molecule has 0 radical (unpaired) electrons. The maximum Gasteiger partial charge on any atom is 0.258 e. The smallest absolute Gasteiger partial charge is 0.258 e. The number of aromatic nitrogens is 2. The van der Waals surface area contributed by atoms with E-state index < -0.39 is 11.8 Å². The van der Waals surface area contributed by atoms with Crippen LogP contribution in [0.25, 0.3) is 0 Å². The topological polar surface area (TPSA) is 107 Å². The van der Waals surface area contributed by atoms with Crippen molar-refractivity contribution < 1.29 is 9.59 Å². The van der Waals surface area contributed by atoms with E-state index in [2.05, 4.69) is 48.4 Å². The third kappa shape index (κ3) is 4.12. The quantitative estimate of drug-likeness (QED) is 0.630. The summed E-state index contributed by atoms with van der Waals surface area (Å²) in [7, 11) is 0. The molecule has 2 amide bonds. The van der Waals surface area contributed by atoms with E-state index in [4.69, 9.17) is 0 Å². The average Bonchev–Trinajstić information content (AvgIpc) is 2.74. The molecule has 8 nitrogen and oxygen atoms in total. The summed E-state index contributed by atoms with van der Waals surface area (Å²) < 4.78 is 0.888. The van der Waals surface area contributed by atoms with Gasteiger partial charge in [-0.2, -0.15) is 4.98 Å². The second-order valence-corrected chi connectivity index (χ2v) is 8.62. The van der Waals surface area contributed by atoms with Crippen LogP contribution in [0.15, 0.2) is 33.5 Å². The Bertz CT molecular complexity index is 1020. The number of nitrogens with zero attached hydrogens (tertiary/aromatic N) is 2. The molecular weight excluding hydrogens is 450 g/mol. The van der Waals surface area contributed by atoms with Crippen molar-refractivity contribution >= 4 is 45.2 Å². The van der Waals surface area contributed by atoms with E-state index >= 15 is 0 Å². The van der Waals surface area contributed by atoms with Gasteiger partial charge in [0.05, 0.1) is 11.5 Å². The Kier molecular flexibility index (Phi) is 5.90. The largest absolute Gasteiger partial charge is 0.339 e. The molecule has 9 heteroatoms. The Balaban J connectivity index is 1.65. The number of H-pyrrole nitrogens is 1. The lowest BCUT2D eigenvalue weighted by atomic mass is 9.92. The molecule has 2 aliphatic heterocycles. The Morgan fingerprint density at radius 2 is 2.03 bits per heavy atom. The highest BCUT2D eigenvalue weighted by Crippen LogP contribution is 2.31. The molecule has 3 N–H and O–H groups in total. The number of rotatable bonds is 4. The van der Waals surface area contributed by atoms with E-state index in [1.54, 1.807) is 24.3 Å². The number of carbonyl (C=O) groups excluding carboxylic acids is 2. The molecule has 1 aromatic heterocycles. The molecule has 0 unspecified atom stereocenters. The highest BCUT2D eigenvalue weighted by atomic mass is 79.9. The lowest BCUT2D eigenvalue weighted by molar-refractivity contribution is -0.123. The number of piperidine rings is 1. The summed E-state index contributed by atoms with van der Waals surface area (Å²) >= 11 is 3.35. The molecule has 2 aliphatic rings. The number of benzene rings is 1. The molecule has 0 aliphatic carbocycles. The van der Waals surface area contributed by atoms with Crippen LogP contribution in [0.2, 0.25) is 0 Å². The molecule has 158 valence electrons. The number of aromatic amines is 1. The third-order valence-corrected chi connectivity index (χ3v) is 6.27. The first-order chi connectivity index (χ1) is 14.5. The van der Waals surface area contributed by atoms with Crippen molar-refractivity contribution in [3.05, 3.63) is 44.7 Å². The van der Waals surface area contributed by atoms with E-state index in [0.29, 0.717) is 17.7 Å². The fraction of sp³-hybridized carbons (Fsp3) is 0.429. The predicted octanol–water partition coefficient (Wildman–Crippen LogP) is 3.37. The monoisotopic (exact) mass is 473 g/mol. The molecule has 0 spiro atoms. The zero-order valence-electron chi connectivity index (χ0n) is 16.7. The van der Waals surface area contributed by atoms with Crippen molar-refractivity contribution in [2.75, 3.05) is 22.1 Å². The maximum absolute atomic E-state index is 13.0. The molecule has 0 saturated carbocycles. The summed E-state index contributed by atoms with van der Waals surface area (Å²) in [5.41, 5.74) is 0.417. The summed E-state index contributed by atoms with van der Waals surface area (Å²) in [6.07, 6.45) is 4.08. The minimum absolute atomic E-state index is 0.0965. The number of nitrogens with one attached hydrogen (secondary N) is 3. The van der Waals surface area contributed by atoms with Gasteiger partial charge in [0.25, 0.3) is 5.56 Å². The number of anilines is 3. The summed E-state index contributed by atoms with van der Waals surface area (Å²) in [5.74, 6) is -0.988. The molecule has 1 fully saturated rings. The molecule has 2 aromatic rings. The van der Waals surface area contributed by atoms with Gasteiger partial charge in [-0.05, 0) is 49.9 Å². The fourth-order valence-corrected chi connectivity index (χ4v) is 4.45. The lowest BCUT2D eigenvalue weighted by Gasteiger charge is -2.36. The van der Waals surface area contributed by atoms with Crippen LogP contribution in [0.3, 0.4) is 0 Å². The van der Waals surface area contributed by atoms with Crippen LogP contribution in [0.1, 0.15) is 50.5 Å². The zero-order chi connectivity index (χ0) is 21.3. The Morgan fingerprint density at radius 3 is 2.77 bits per heavy atom. The predicted molar refractivity (Wildman–Crippen MR) is 119 cm³/mol. The Labute approximate surface area is 182 Å². The second kappa shape index (κ2) is 8.59. The number of carbonyl (C=O) groups is 2. The molecule has 3 heterocycles. The first kappa shape index (κ1) is 20.6. The minimum atomic E-state index is -0.897. The van der Waals surface area contributed by atoms with Gasteiger partial charge in [-0.1, -0.05) is 22.9 Å². The van der Waals surface area contributed by atoms with E-state index in [9.17, 15) is 14.4 Å². The lowest BCUT2D eigenvalue weighted by Crippen LogP contribution is -2.43. The van der Waals surface area contributed by atoms with Crippen molar-refractivity contribution in [3.8, 4) is 0 Å². The van der Waals surface area contributed by atoms with Crippen LogP contribution >= 0.6 is 15.9 Å². The number of fused-ring (bicyclic) bond motifs is 1. The van der Waals surface area contributed by atoms with Crippen molar-refractivity contribution in [3.63, 3.8) is 0 Å². The van der Waals surface area contributed by atoms with Gasteiger partial charge in [0, 0.05) is 29.2 Å². The van der Waals surface area contributed by atoms with Crippen molar-refractivity contribution in [1.82, 2.24) is 9.97 Å². The third-order valence-electron chi connectivity index (χ3n) is 5.74. The first-order valence-electron chi connectivity index (χ1n) is 10.2. The van der Waals surface area contributed by atoms with Crippen LogP contribution in [0, 0.1) is 0 Å². The minimum Gasteiger partial charge on any atom is -0.339 e. The molecular formula is C21H24BrN5O3. The molecule has 1 saturated heterocycles. The molecule has 4 rings (SSSR count). The summed E-state index contributed by atoms with van der Waals surface area (Å²) in [4.78, 5) is 47.7. The number of amides is 2. The van der Waals surface area contributed by atoms with Gasteiger partial charge in [0.2, 0.25) is 17.8 Å². The van der Waals surface area contributed by atoms with Gasteiger partial charge in [0.15, 0.2) is 0 Å². The standard InChI is InChI=1S/C21H24BrN5O3/c1-2-14-5-3-4-10-27(14)21-25-18-17(20(30)26-21)15(11-16(28)24-18)19(29)23-13-8-6-12(22)7-9-13/h6-9,14-15H,2-5,10-11H2,1H3,(H,23,29)(H2,24,25,26,28,30)/t14-,15-/m1/s1. The summed E-state index contributed by atoms with van der Waals surface area (Å²) in [6, 6.07) is 7.41. The first-order valence-corrected chi connectivity index (χ1v) is 11.0. The van der Waals surface area contributed by atoms with Gasteiger partial charge >= 0.3 is 0 Å². The maximum atomic E-state index is 13.0. The summed E-state index contributed by atoms with van der Waals surface area (Å²) in [6.45, 7) is 2.92. The van der Waals surface area contributed by atoms with Crippen molar-refractivity contribution in [2.24, 2.45) is 0 Å². The van der Waals surface area contributed by atoms with Gasteiger partial charge in [-0.15, -0.1) is 0 Å². The van der Waals surface area contributed by atoms with Crippen LogP contribution in [-0.2, 0) is 9.59 Å². The molecule has 1 aromatic carbocycles. The second-order valence-electron chi connectivity index (χ2n) is 7.70. The highest BCUT2D eigenvalue weighted by Gasteiger charge is 2.35. The van der Waals surface area contributed by atoms with Gasteiger partial charge in [-0.25, -0.2) is 0 Å². The van der Waals surface area contributed by atoms with Crippen molar-refractivity contribution in [1.29, 1.82) is 0 Å². The highest BCUT2D eigenvalue weighted by molar-refractivity contribution is 9.10. The molecule has 0 bridgehead atoms. The normalized spacial score (nSPS) is 21.0. The van der Waals surface area contributed by atoms with Crippen LogP contribution in [-0.4, -0.2) is 34.4 Å². The average molecular weight is 474 g/mol. The zero-order valence-corrected chi connectivity index (χ0v) is 18.3. The summed E-state index contributed by atoms with van der Waals surface area (Å²) in [5, 5.41) is 5.48. The van der Waals surface area contributed by atoms with E-state index in [-0.39, 0.29) is 29.3 Å². The van der Waals surface area contributed by atoms with Crippen molar-refractivity contribution in [2.45, 2.75) is 51.0 Å². The van der Waals surface area contributed by atoms with E-state index in [1.165, 1.54) is 0 Å². The fourth-order valence-electron chi connectivity index (χ4n) is 4.19. The van der Waals surface area contributed by atoms with Gasteiger partial charge in [-0.3, -0.25) is 19.4 Å². The SMILES string of the molecule is CC[C@@H]1CCCCN1c1nc2c(c(=O)[nH]1)[C@H](C(=O)Nc1ccc(Br)cc1)CC(=O)N2. The number of halogens is 1. The number of hydrogen-bond donors (Lipinski definition) is 3. The van der Waals surface area contributed by atoms with Crippen LogP contribution in [0.5, 0.6) is 0 Å². The molecule has 30 heavy (non-hydrogen) atoms. The van der Waals surface area contributed by atoms with E-state index in [1.807, 2.05) is 0 Å².